The van der Waals surface area contributed by atoms with Crippen LogP contribution in [-0.4, -0.2) is 40.0 Å². The zero-order chi connectivity index (χ0) is 17.2. The molecule has 1 aliphatic rings. The molecule has 0 spiro atoms. The Labute approximate surface area is 136 Å². The maximum atomic E-state index is 13.1. The first kappa shape index (κ1) is 16.4. The van der Waals surface area contributed by atoms with Crippen LogP contribution in [0.4, 0.5) is 13.2 Å². The first-order chi connectivity index (χ1) is 11.4. The van der Waals surface area contributed by atoms with Gasteiger partial charge in [-0.3, -0.25) is 4.79 Å². The molecule has 2 aromatic rings. The van der Waals surface area contributed by atoms with E-state index in [-0.39, 0.29) is 17.4 Å². The number of nitrogens with one attached hydrogen (secondary N) is 2. The first-order valence-corrected chi connectivity index (χ1v) is 7.55. The highest BCUT2D eigenvalue weighted by Crippen LogP contribution is 2.33. The number of halogens is 3. The number of benzene rings is 1. The number of nitrogens with zero attached hydrogens (tertiary/aromatic N) is 3. The van der Waals surface area contributed by atoms with Crippen LogP contribution in [0.15, 0.2) is 30.5 Å². The van der Waals surface area contributed by atoms with Crippen molar-refractivity contribution in [2.45, 2.75) is 25.1 Å². The zero-order valence-electron chi connectivity index (χ0n) is 12.7. The van der Waals surface area contributed by atoms with Crippen LogP contribution in [0.3, 0.4) is 0 Å². The van der Waals surface area contributed by atoms with E-state index in [1.165, 1.54) is 24.4 Å². The molecule has 128 valence electrons. The number of carbonyl (C=O) groups is 1. The fraction of sp³-hybridized carbons (Fsp3) is 0.400. The molecular formula is C15H16F3N5O. The third-order valence-electron chi connectivity index (χ3n) is 3.81. The number of amides is 1. The monoisotopic (exact) mass is 339 g/mol. The lowest BCUT2D eigenvalue weighted by molar-refractivity contribution is -0.137. The highest BCUT2D eigenvalue weighted by molar-refractivity contribution is 5.92. The molecule has 2 N–H and O–H groups in total. The minimum atomic E-state index is -4.52. The summed E-state index contributed by atoms with van der Waals surface area (Å²) in [7, 11) is 0. The van der Waals surface area contributed by atoms with Crippen LogP contribution in [0.5, 0.6) is 0 Å². The van der Waals surface area contributed by atoms with E-state index in [0.717, 1.165) is 30.1 Å². The smallest absolute Gasteiger partial charge is 0.347 e. The number of para-hydroxylation sites is 1. The summed E-state index contributed by atoms with van der Waals surface area (Å²) < 4.78 is 40.2. The molecule has 1 aromatic carbocycles. The van der Waals surface area contributed by atoms with Crippen molar-refractivity contribution >= 4 is 5.91 Å². The number of aromatic nitrogens is 3. The van der Waals surface area contributed by atoms with Crippen molar-refractivity contribution in [2.75, 3.05) is 13.1 Å². The molecule has 0 radical (unpaired) electrons. The summed E-state index contributed by atoms with van der Waals surface area (Å²) in [6.07, 6.45) is -1.50. The third-order valence-corrected chi connectivity index (χ3v) is 3.81. The molecule has 9 heteroatoms. The van der Waals surface area contributed by atoms with Crippen LogP contribution < -0.4 is 10.6 Å². The Morgan fingerprint density at radius 1 is 1.33 bits per heavy atom. The highest BCUT2D eigenvalue weighted by atomic mass is 19.4. The molecule has 0 aliphatic carbocycles. The molecule has 1 atom stereocenters. The SMILES string of the molecule is O=C(N[C@H]1CCCNC1)c1cn(-c2ccccc2C(F)(F)F)nn1. The Hall–Kier alpha value is -2.42. The number of piperidine rings is 1. The lowest BCUT2D eigenvalue weighted by Gasteiger charge is -2.23. The van der Waals surface area contributed by atoms with Gasteiger partial charge in [-0.25, -0.2) is 4.68 Å². The topological polar surface area (TPSA) is 71.8 Å². The Bertz CT molecular complexity index is 722. The van der Waals surface area contributed by atoms with Gasteiger partial charge in [-0.15, -0.1) is 5.10 Å². The summed E-state index contributed by atoms with van der Waals surface area (Å²) in [6, 6.07) is 5.00. The van der Waals surface area contributed by atoms with Gasteiger partial charge in [-0.1, -0.05) is 17.3 Å². The number of rotatable bonds is 3. The van der Waals surface area contributed by atoms with E-state index >= 15 is 0 Å². The van der Waals surface area contributed by atoms with Gasteiger partial charge in [-0.05, 0) is 31.5 Å². The normalized spacial score (nSPS) is 18.4. The average molecular weight is 339 g/mol. The van der Waals surface area contributed by atoms with E-state index in [4.69, 9.17) is 0 Å². The van der Waals surface area contributed by atoms with E-state index in [1.54, 1.807) is 0 Å². The van der Waals surface area contributed by atoms with E-state index < -0.39 is 17.6 Å². The second kappa shape index (κ2) is 6.60. The quantitative estimate of drug-likeness (QED) is 0.894. The van der Waals surface area contributed by atoms with Gasteiger partial charge in [0.15, 0.2) is 5.69 Å². The Morgan fingerprint density at radius 2 is 2.12 bits per heavy atom. The van der Waals surface area contributed by atoms with Crippen LogP contribution in [0.2, 0.25) is 0 Å². The molecule has 3 rings (SSSR count). The van der Waals surface area contributed by atoms with Crippen molar-refractivity contribution in [3.05, 3.63) is 41.7 Å². The summed E-state index contributed by atoms with van der Waals surface area (Å²) in [5.74, 6) is -0.445. The Balaban J connectivity index is 1.80. The molecule has 1 fully saturated rings. The molecule has 1 aromatic heterocycles. The fourth-order valence-corrected chi connectivity index (χ4v) is 2.63. The minimum absolute atomic E-state index is 0.0149. The predicted molar refractivity (Wildman–Crippen MR) is 79.7 cm³/mol. The van der Waals surface area contributed by atoms with Gasteiger partial charge in [0.1, 0.15) is 0 Å². The highest BCUT2D eigenvalue weighted by Gasteiger charge is 2.34. The number of hydrogen-bond donors (Lipinski definition) is 2. The van der Waals surface area contributed by atoms with Crippen LogP contribution in [0.25, 0.3) is 5.69 Å². The van der Waals surface area contributed by atoms with Gasteiger partial charge in [-0.2, -0.15) is 13.2 Å². The van der Waals surface area contributed by atoms with E-state index in [2.05, 4.69) is 20.9 Å². The molecule has 1 saturated heterocycles. The Kier molecular flexibility index (Phi) is 4.52. The van der Waals surface area contributed by atoms with Gasteiger partial charge in [0, 0.05) is 12.6 Å². The molecule has 0 bridgehead atoms. The van der Waals surface area contributed by atoms with Crippen molar-refractivity contribution in [1.29, 1.82) is 0 Å². The van der Waals surface area contributed by atoms with E-state index in [0.29, 0.717) is 6.54 Å². The maximum Gasteiger partial charge on any atom is 0.418 e. The summed E-state index contributed by atoms with van der Waals surface area (Å²) >= 11 is 0. The summed E-state index contributed by atoms with van der Waals surface area (Å²) in [6.45, 7) is 1.58. The van der Waals surface area contributed by atoms with Gasteiger partial charge < -0.3 is 10.6 Å². The Morgan fingerprint density at radius 3 is 2.83 bits per heavy atom. The van der Waals surface area contributed by atoms with Crippen molar-refractivity contribution in [2.24, 2.45) is 0 Å². The first-order valence-electron chi connectivity index (χ1n) is 7.55. The van der Waals surface area contributed by atoms with Crippen molar-refractivity contribution < 1.29 is 18.0 Å². The number of alkyl halides is 3. The van der Waals surface area contributed by atoms with Crippen LogP contribution in [-0.2, 0) is 6.18 Å². The maximum absolute atomic E-state index is 13.1. The van der Waals surface area contributed by atoms with E-state index in [9.17, 15) is 18.0 Å². The largest absolute Gasteiger partial charge is 0.418 e. The molecule has 1 amide bonds. The lowest BCUT2D eigenvalue weighted by atomic mass is 10.1. The zero-order valence-corrected chi connectivity index (χ0v) is 12.7. The van der Waals surface area contributed by atoms with Gasteiger partial charge in [0.25, 0.3) is 5.91 Å². The molecule has 0 unspecified atom stereocenters. The average Bonchev–Trinajstić information content (AvgIpc) is 3.05. The van der Waals surface area contributed by atoms with Crippen LogP contribution >= 0.6 is 0 Å². The predicted octanol–water partition coefficient (Wildman–Crippen LogP) is 1.77. The van der Waals surface area contributed by atoms with Gasteiger partial charge in [0.05, 0.1) is 17.4 Å². The number of hydrogen-bond acceptors (Lipinski definition) is 4. The molecular weight excluding hydrogens is 323 g/mol. The van der Waals surface area contributed by atoms with Gasteiger partial charge >= 0.3 is 6.18 Å². The summed E-state index contributed by atoms with van der Waals surface area (Å²) in [4.78, 5) is 12.2. The third kappa shape index (κ3) is 3.56. The van der Waals surface area contributed by atoms with Crippen LogP contribution in [0.1, 0.15) is 28.9 Å². The molecule has 2 heterocycles. The molecule has 24 heavy (non-hydrogen) atoms. The van der Waals surface area contributed by atoms with Crippen molar-refractivity contribution in [1.82, 2.24) is 25.6 Å². The molecule has 1 aliphatic heterocycles. The van der Waals surface area contributed by atoms with E-state index in [1.807, 2.05) is 0 Å². The second-order valence-corrected chi connectivity index (χ2v) is 5.58. The second-order valence-electron chi connectivity index (χ2n) is 5.58. The van der Waals surface area contributed by atoms with Gasteiger partial charge in [0.2, 0.25) is 0 Å². The van der Waals surface area contributed by atoms with Crippen LogP contribution in [0, 0.1) is 0 Å². The number of carbonyl (C=O) groups excluding carboxylic acids is 1. The summed E-state index contributed by atoms with van der Waals surface area (Å²) in [5, 5.41) is 13.3. The standard InChI is InChI=1S/C15H16F3N5O/c16-15(17,18)11-5-1-2-6-13(11)23-9-12(21-22-23)14(24)20-10-4-3-7-19-8-10/h1-2,5-6,9-10,19H,3-4,7-8H2,(H,20,24)/t10-/m0/s1. The molecule has 6 nitrogen and oxygen atoms in total. The summed E-state index contributed by atoms with van der Waals surface area (Å²) in [5.41, 5.74) is -1.02. The minimum Gasteiger partial charge on any atom is -0.347 e. The fourth-order valence-electron chi connectivity index (χ4n) is 2.63. The lowest BCUT2D eigenvalue weighted by Crippen LogP contribution is -2.45. The molecule has 0 saturated carbocycles. The van der Waals surface area contributed by atoms with Crippen molar-refractivity contribution in [3.63, 3.8) is 0 Å². The van der Waals surface area contributed by atoms with Crippen molar-refractivity contribution in [3.8, 4) is 5.69 Å².